The molecule has 0 radical (unpaired) electrons. The predicted octanol–water partition coefficient (Wildman–Crippen LogP) is 3.38. The largest absolute Gasteiger partial charge is 0.397 e. The third kappa shape index (κ3) is 3.41. The summed E-state index contributed by atoms with van der Waals surface area (Å²) >= 11 is 0. The Balaban J connectivity index is 1.95. The molecule has 0 bridgehead atoms. The van der Waals surface area contributed by atoms with Crippen LogP contribution in [-0.4, -0.2) is 11.4 Å². The Bertz CT molecular complexity index is 397. The highest BCUT2D eigenvalue weighted by Gasteiger charge is 2.22. The van der Waals surface area contributed by atoms with E-state index in [0.717, 1.165) is 30.4 Å². The molecule has 0 fully saturated rings. The van der Waals surface area contributed by atoms with Crippen LogP contribution in [0.3, 0.4) is 0 Å². The van der Waals surface area contributed by atoms with Gasteiger partial charge in [-0.25, -0.2) is 0 Å². The Morgan fingerprint density at radius 3 is 2.16 bits per heavy atom. The number of fused-ring (bicyclic) bond motifs is 1. The molecule has 0 saturated carbocycles. The first-order valence-corrected chi connectivity index (χ1v) is 7.53. The van der Waals surface area contributed by atoms with Crippen molar-refractivity contribution < 1.29 is 0 Å². The summed E-state index contributed by atoms with van der Waals surface area (Å²) < 4.78 is 0. The van der Waals surface area contributed by atoms with Crippen molar-refractivity contribution in [2.45, 2.75) is 52.6 Å². The van der Waals surface area contributed by atoms with Gasteiger partial charge in [-0.2, -0.15) is 0 Å². The highest BCUT2D eigenvalue weighted by molar-refractivity contribution is 5.66. The lowest BCUT2D eigenvalue weighted by Gasteiger charge is -2.22. The first kappa shape index (κ1) is 14.2. The summed E-state index contributed by atoms with van der Waals surface area (Å²) in [5, 5.41) is 0. The number of anilines is 2. The van der Waals surface area contributed by atoms with Crippen LogP contribution < -0.4 is 11.5 Å². The Morgan fingerprint density at radius 1 is 1.11 bits per heavy atom. The van der Waals surface area contributed by atoms with Gasteiger partial charge < -0.3 is 11.5 Å². The van der Waals surface area contributed by atoms with Gasteiger partial charge >= 0.3 is 0 Å². The van der Waals surface area contributed by atoms with E-state index in [1.165, 1.54) is 43.4 Å². The fourth-order valence-electron chi connectivity index (χ4n) is 2.97. The van der Waals surface area contributed by atoms with Crippen molar-refractivity contribution in [2.75, 3.05) is 18.0 Å². The lowest BCUT2D eigenvalue weighted by Crippen LogP contribution is -2.24. The van der Waals surface area contributed by atoms with Gasteiger partial charge in [-0.3, -0.25) is 4.90 Å². The lowest BCUT2D eigenvalue weighted by atomic mass is 9.99. The molecule has 0 spiro atoms. The van der Waals surface area contributed by atoms with Crippen molar-refractivity contribution in [3.8, 4) is 0 Å². The Hall–Kier alpha value is -1.22. The molecule has 1 aromatic rings. The van der Waals surface area contributed by atoms with E-state index in [-0.39, 0.29) is 0 Å². The minimum absolute atomic E-state index is 0.721. The molecule has 1 atom stereocenters. The standard InChI is InChI=1S/C16H27N3/c1-3-5-6-12(4-2)9-19-10-13-7-15(17)16(18)8-14(13)11-19/h7-8,12H,3-6,9-11,17-18H2,1-2H3. The van der Waals surface area contributed by atoms with E-state index in [9.17, 15) is 0 Å². The monoisotopic (exact) mass is 261 g/mol. The molecule has 3 nitrogen and oxygen atoms in total. The third-order valence-corrected chi connectivity index (χ3v) is 4.25. The molecular formula is C16H27N3. The number of unbranched alkanes of at least 4 members (excludes halogenated alkanes) is 1. The molecule has 0 aromatic heterocycles. The van der Waals surface area contributed by atoms with Gasteiger partial charge in [-0.05, 0) is 35.6 Å². The highest BCUT2D eigenvalue weighted by atomic mass is 15.1. The number of hydrogen-bond donors (Lipinski definition) is 2. The fraction of sp³-hybridized carbons (Fsp3) is 0.625. The van der Waals surface area contributed by atoms with Crippen molar-refractivity contribution in [1.82, 2.24) is 4.90 Å². The number of nitrogens with zero attached hydrogens (tertiary/aromatic N) is 1. The first-order chi connectivity index (χ1) is 9.13. The van der Waals surface area contributed by atoms with Crippen molar-refractivity contribution in [2.24, 2.45) is 5.92 Å². The van der Waals surface area contributed by atoms with E-state index in [4.69, 9.17) is 11.5 Å². The molecule has 3 heteroatoms. The summed E-state index contributed by atoms with van der Waals surface area (Å²) in [4.78, 5) is 2.54. The highest BCUT2D eigenvalue weighted by Crippen LogP contribution is 2.30. The van der Waals surface area contributed by atoms with Crippen LogP contribution in [0.4, 0.5) is 11.4 Å². The molecule has 0 saturated heterocycles. The van der Waals surface area contributed by atoms with E-state index >= 15 is 0 Å². The van der Waals surface area contributed by atoms with Crippen LogP contribution in [0.25, 0.3) is 0 Å². The Labute approximate surface area is 117 Å². The van der Waals surface area contributed by atoms with Gasteiger partial charge in [0.1, 0.15) is 0 Å². The lowest BCUT2D eigenvalue weighted by molar-refractivity contribution is 0.223. The van der Waals surface area contributed by atoms with E-state index < -0.39 is 0 Å². The molecule has 1 unspecified atom stereocenters. The van der Waals surface area contributed by atoms with Crippen molar-refractivity contribution in [3.05, 3.63) is 23.3 Å². The Morgan fingerprint density at radius 2 is 1.68 bits per heavy atom. The fourth-order valence-corrected chi connectivity index (χ4v) is 2.97. The maximum atomic E-state index is 5.89. The van der Waals surface area contributed by atoms with E-state index in [2.05, 4.69) is 30.9 Å². The molecule has 1 aliphatic heterocycles. The summed E-state index contributed by atoms with van der Waals surface area (Å²) in [5.74, 6) is 0.823. The molecule has 4 N–H and O–H groups in total. The van der Waals surface area contributed by atoms with Gasteiger partial charge in [0.15, 0.2) is 0 Å². The molecular weight excluding hydrogens is 234 g/mol. The summed E-state index contributed by atoms with van der Waals surface area (Å²) in [6.07, 6.45) is 5.27. The van der Waals surface area contributed by atoms with Gasteiger partial charge in [0.2, 0.25) is 0 Å². The van der Waals surface area contributed by atoms with Crippen LogP contribution in [-0.2, 0) is 13.1 Å². The SMILES string of the molecule is CCCCC(CC)CN1Cc2cc(N)c(N)cc2C1. The summed E-state index contributed by atoms with van der Waals surface area (Å²) in [6.45, 7) is 7.83. The van der Waals surface area contributed by atoms with Crippen molar-refractivity contribution >= 4 is 11.4 Å². The molecule has 1 aliphatic rings. The third-order valence-electron chi connectivity index (χ3n) is 4.25. The molecule has 0 aliphatic carbocycles. The van der Waals surface area contributed by atoms with Crippen molar-refractivity contribution in [1.29, 1.82) is 0 Å². The van der Waals surface area contributed by atoms with E-state index in [1.807, 2.05) is 0 Å². The number of benzene rings is 1. The second kappa shape index (κ2) is 6.29. The van der Waals surface area contributed by atoms with Gasteiger partial charge in [-0.1, -0.05) is 33.1 Å². The van der Waals surface area contributed by atoms with Gasteiger partial charge in [0, 0.05) is 19.6 Å². The first-order valence-electron chi connectivity index (χ1n) is 7.53. The quantitative estimate of drug-likeness (QED) is 0.772. The van der Waals surface area contributed by atoms with Crippen LogP contribution in [0.2, 0.25) is 0 Å². The summed E-state index contributed by atoms with van der Waals surface area (Å²) in [5.41, 5.74) is 15.9. The molecule has 1 aromatic carbocycles. The molecule has 1 heterocycles. The average molecular weight is 261 g/mol. The van der Waals surface area contributed by atoms with E-state index in [0.29, 0.717) is 0 Å². The zero-order valence-corrected chi connectivity index (χ0v) is 12.3. The number of nitrogen functional groups attached to an aromatic ring is 2. The van der Waals surface area contributed by atoms with Gasteiger partial charge in [-0.15, -0.1) is 0 Å². The predicted molar refractivity (Wildman–Crippen MR) is 82.7 cm³/mol. The zero-order valence-electron chi connectivity index (χ0n) is 12.3. The number of nitrogens with two attached hydrogens (primary N) is 2. The van der Waals surface area contributed by atoms with Crippen LogP contribution in [0, 0.1) is 5.92 Å². The second-order valence-corrected chi connectivity index (χ2v) is 5.84. The summed E-state index contributed by atoms with van der Waals surface area (Å²) in [6, 6.07) is 4.11. The maximum absolute atomic E-state index is 5.89. The smallest absolute Gasteiger partial charge is 0.0551 e. The zero-order chi connectivity index (χ0) is 13.8. The average Bonchev–Trinajstić information content (AvgIpc) is 2.76. The van der Waals surface area contributed by atoms with Crippen LogP contribution >= 0.6 is 0 Å². The number of rotatable bonds is 6. The Kier molecular flexibility index (Phi) is 4.70. The molecule has 106 valence electrons. The summed E-state index contributed by atoms with van der Waals surface area (Å²) in [7, 11) is 0. The van der Waals surface area contributed by atoms with Gasteiger partial charge in [0.05, 0.1) is 11.4 Å². The molecule has 2 rings (SSSR count). The minimum atomic E-state index is 0.721. The second-order valence-electron chi connectivity index (χ2n) is 5.84. The van der Waals surface area contributed by atoms with Crippen LogP contribution in [0.15, 0.2) is 12.1 Å². The van der Waals surface area contributed by atoms with Crippen LogP contribution in [0.5, 0.6) is 0 Å². The normalized spacial score (nSPS) is 16.5. The van der Waals surface area contributed by atoms with Crippen molar-refractivity contribution in [3.63, 3.8) is 0 Å². The topological polar surface area (TPSA) is 55.3 Å². The van der Waals surface area contributed by atoms with E-state index in [1.54, 1.807) is 0 Å². The van der Waals surface area contributed by atoms with Gasteiger partial charge in [0.25, 0.3) is 0 Å². The van der Waals surface area contributed by atoms with Crippen LogP contribution in [0.1, 0.15) is 50.7 Å². The molecule has 0 amide bonds. The number of hydrogen-bond acceptors (Lipinski definition) is 3. The maximum Gasteiger partial charge on any atom is 0.0551 e. The minimum Gasteiger partial charge on any atom is -0.397 e. The molecule has 19 heavy (non-hydrogen) atoms.